The Labute approximate surface area is 126 Å². The van der Waals surface area contributed by atoms with Crippen LogP contribution in [0.15, 0.2) is 30.6 Å². The highest BCUT2D eigenvalue weighted by molar-refractivity contribution is 6.15. The number of esters is 3. The molecule has 0 aliphatic carbocycles. The molecule has 1 aliphatic heterocycles. The Balaban J connectivity index is 1.81. The van der Waals surface area contributed by atoms with Gasteiger partial charge in [0.1, 0.15) is 12.4 Å². The molecular weight excluding hydrogens is 310 g/mol. The molecule has 0 unspecified atom stereocenters. The second-order valence-electron chi connectivity index (χ2n) is 4.31. The predicted octanol–water partition coefficient (Wildman–Crippen LogP) is 0.915. The minimum Gasteiger partial charge on any atom is -0.387 e. The van der Waals surface area contributed by atoms with E-state index in [1.807, 2.05) is 0 Å². The molecule has 1 aromatic carbocycles. The van der Waals surface area contributed by atoms with Crippen molar-refractivity contribution in [1.29, 1.82) is 0 Å². The molecule has 2 heterocycles. The quantitative estimate of drug-likeness (QED) is 0.350. The molecule has 0 fully saturated rings. The van der Waals surface area contributed by atoms with Gasteiger partial charge < -0.3 is 9.47 Å². The predicted molar refractivity (Wildman–Crippen MR) is 69.8 cm³/mol. The first kappa shape index (κ1) is 14.3. The van der Waals surface area contributed by atoms with Gasteiger partial charge in [0.05, 0.1) is 21.6 Å². The Morgan fingerprint density at radius 2 is 1.78 bits per heavy atom. The summed E-state index contributed by atoms with van der Waals surface area (Å²) in [4.78, 5) is 51.5. The second-order valence-corrected chi connectivity index (χ2v) is 4.31. The summed E-state index contributed by atoms with van der Waals surface area (Å²) in [5, 5.41) is 10.5. The fraction of sp³-hybridized carbons (Fsp3) is 0. The van der Waals surface area contributed by atoms with Gasteiger partial charge in [-0.2, -0.15) is 9.97 Å². The van der Waals surface area contributed by atoms with Gasteiger partial charge in [-0.3, -0.25) is 10.1 Å². The lowest BCUT2D eigenvalue weighted by Gasteiger charge is -2.02. The highest BCUT2D eigenvalue weighted by Crippen LogP contribution is 2.21. The summed E-state index contributed by atoms with van der Waals surface area (Å²) in [6, 6.07) is 3.29. The van der Waals surface area contributed by atoms with Crippen molar-refractivity contribution in [2.45, 2.75) is 0 Å². The first-order chi connectivity index (χ1) is 11.0. The molecule has 0 amide bonds. The number of aromatic nitrogens is 2. The maximum absolute atomic E-state index is 11.9. The molecule has 0 spiro atoms. The number of benzene rings is 1. The summed E-state index contributed by atoms with van der Waals surface area (Å²) in [5.74, 6) is -2.54. The normalized spacial score (nSPS) is 12.5. The van der Waals surface area contributed by atoms with E-state index in [0.29, 0.717) is 0 Å². The Hall–Kier alpha value is -3.69. The van der Waals surface area contributed by atoms with Crippen molar-refractivity contribution < 1.29 is 28.8 Å². The summed E-state index contributed by atoms with van der Waals surface area (Å²) < 4.78 is 9.24. The third-order valence-electron chi connectivity index (χ3n) is 2.89. The molecule has 1 aromatic heterocycles. The van der Waals surface area contributed by atoms with E-state index in [-0.39, 0.29) is 28.4 Å². The lowest BCUT2D eigenvalue weighted by molar-refractivity contribution is -0.385. The summed E-state index contributed by atoms with van der Waals surface area (Å²) in [6.45, 7) is 0. The maximum Gasteiger partial charge on any atom is 0.346 e. The van der Waals surface area contributed by atoms with Crippen LogP contribution in [0.2, 0.25) is 0 Å². The first-order valence-electron chi connectivity index (χ1n) is 6.05. The van der Waals surface area contributed by atoms with Crippen molar-refractivity contribution in [2.75, 3.05) is 0 Å². The monoisotopic (exact) mass is 315 g/mol. The van der Waals surface area contributed by atoms with Gasteiger partial charge in [0.15, 0.2) is 0 Å². The fourth-order valence-corrected chi connectivity index (χ4v) is 1.81. The van der Waals surface area contributed by atoms with Crippen molar-refractivity contribution in [3.63, 3.8) is 0 Å². The zero-order chi connectivity index (χ0) is 16.6. The number of cyclic esters (lactones) is 2. The van der Waals surface area contributed by atoms with Crippen LogP contribution in [0.4, 0.5) is 5.69 Å². The lowest BCUT2D eigenvalue weighted by atomic mass is 10.1. The number of rotatable bonds is 3. The van der Waals surface area contributed by atoms with Gasteiger partial charge >= 0.3 is 29.6 Å². The minimum atomic E-state index is -0.895. The van der Waals surface area contributed by atoms with E-state index in [1.54, 1.807) is 0 Å². The SMILES string of the molecule is O=C(Oc1ncc([N+](=O)[O-])cn1)c1ccc2c(c1)C(=O)OC2=O. The van der Waals surface area contributed by atoms with E-state index in [1.165, 1.54) is 12.1 Å². The van der Waals surface area contributed by atoms with Gasteiger partial charge in [0.2, 0.25) is 0 Å². The smallest absolute Gasteiger partial charge is 0.346 e. The van der Waals surface area contributed by atoms with E-state index in [9.17, 15) is 24.5 Å². The van der Waals surface area contributed by atoms with Crippen LogP contribution in [0.5, 0.6) is 6.01 Å². The molecular formula is C13H5N3O7. The van der Waals surface area contributed by atoms with Gasteiger partial charge in [-0.25, -0.2) is 14.4 Å². The zero-order valence-electron chi connectivity index (χ0n) is 11.1. The van der Waals surface area contributed by atoms with Crippen molar-refractivity contribution in [3.05, 3.63) is 57.4 Å². The number of carbonyl (C=O) groups excluding carboxylic acids is 3. The van der Waals surface area contributed by atoms with Crippen LogP contribution < -0.4 is 4.74 Å². The Morgan fingerprint density at radius 1 is 1.13 bits per heavy atom. The topological polar surface area (TPSA) is 139 Å². The number of nitrogens with zero attached hydrogens (tertiary/aromatic N) is 3. The van der Waals surface area contributed by atoms with Crippen LogP contribution in [-0.4, -0.2) is 32.8 Å². The lowest BCUT2D eigenvalue weighted by Crippen LogP contribution is -2.11. The van der Waals surface area contributed by atoms with Crippen molar-refractivity contribution in [1.82, 2.24) is 9.97 Å². The van der Waals surface area contributed by atoms with Crippen LogP contribution >= 0.6 is 0 Å². The Morgan fingerprint density at radius 3 is 2.43 bits per heavy atom. The molecule has 10 nitrogen and oxygen atoms in total. The molecule has 1 aliphatic rings. The first-order valence-corrected chi connectivity index (χ1v) is 6.05. The molecule has 3 rings (SSSR count). The van der Waals surface area contributed by atoms with E-state index in [4.69, 9.17) is 4.74 Å². The molecule has 114 valence electrons. The Bertz CT molecular complexity index is 860. The van der Waals surface area contributed by atoms with Crippen LogP contribution in [0.3, 0.4) is 0 Å². The highest BCUT2D eigenvalue weighted by Gasteiger charge is 2.30. The molecule has 2 aromatic rings. The molecule has 0 radical (unpaired) electrons. The molecule has 23 heavy (non-hydrogen) atoms. The van der Waals surface area contributed by atoms with E-state index in [2.05, 4.69) is 14.7 Å². The summed E-state index contributed by atoms with van der Waals surface area (Å²) in [5.41, 5.74) is -0.381. The van der Waals surface area contributed by atoms with Gasteiger partial charge in [0.25, 0.3) is 0 Å². The number of fused-ring (bicyclic) bond motifs is 1. The standard InChI is InChI=1S/C13H5N3O7/c17-10(23-13-14-4-7(5-15-13)16(20)21)6-1-2-8-9(3-6)12(19)22-11(8)18/h1-5H. The van der Waals surface area contributed by atoms with Gasteiger partial charge in [0, 0.05) is 0 Å². The number of ether oxygens (including phenoxy) is 2. The fourth-order valence-electron chi connectivity index (χ4n) is 1.81. The summed E-state index contributed by atoms with van der Waals surface area (Å²) in [7, 11) is 0. The minimum absolute atomic E-state index is 0.0302. The Kier molecular flexibility index (Phi) is 3.26. The average Bonchev–Trinajstić information content (AvgIpc) is 2.82. The number of hydrogen-bond acceptors (Lipinski definition) is 9. The number of hydrogen-bond donors (Lipinski definition) is 0. The zero-order valence-corrected chi connectivity index (χ0v) is 11.1. The van der Waals surface area contributed by atoms with Gasteiger partial charge in [-0.15, -0.1) is 0 Å². The number of nitro groups is 1. The van der Waals surface area contributed by atoms with Crippen molar-refractivity contribution in [3.8, 4) is 6.01 Å². The molecule has 0 saturated heterocycles. The van der Waals surface area contributed by atoms with E-state index >= 15 is 0 Å². The van der Waals surface area contributed by atoms with Crippen LogP contribution in [0, 0.1) is 10.1 Å². The van der Waals surface area contributed by atoms with E-state index in [0.717, 1.165) is 18.5 Å². The molecule has 0 saturated carbocycles. The molecule has 0 bridgehead atoms. The molecule has 0 atom stereocenters. The van der Waals surface area contributed by atoms with Crippen LogP contribution in [0.1, 0.15) is 31.1 Å². The summed E-state index contributed by atoms with van der Waals surface area (Å²) >= 11 is 0. The second kappa shape index (κ2) is 5.26. The van der Waals surface area contributed by atoms with Crippen molar-refractivity contribution >= 4 is 23.6 Å². The third kappa shape index (κ3) is 2.60. The largest absolute Gasteiger partial charge is 0.387 e. The maximum atomic E-state index is 11.9. The number of carbonyl (C=O) groups is 3. The van der Waals surface area contributed by atoms with Crippen molar-refractivity contribution in [2.24, 2.45) is 0 Å². The molecule has 10 heteroatoms. The third-order valence-corrected chi connectivity index (χ3v) is 2.89. The van der Waals surface area contributed by atoms with Gasteiger partial charge in [-0.05, 0) is 18.2 Å². The summed E-state index contributed by atoms with van der Waals surface area (Å²) in [6.07, 6.45) is 1.77. The van der Waals surface area contributed by atoms with E-state index < -0.39 is 22.8 Å². The molecule has 0 N–H and O–H groups in total. The highest BCUT2D eigenvalue weighted by atomic mass is 16.6. The van der Waals surface area contributed by atoms with Gasteiger partial charge in [-0.1, -0.05) is 0 Å². The van der Waals surface area contributed by atoms with Crippen LogP contribution in [0.25, 0.3) is 0 Å². The average molecular weight is 315 g/mol. The van der Waals surface area contributed by atoms with Crippen LogP contribution in [-0.2, 0) is 4.74 Å².